The summed E-state index contributed by atoms with van der Waals surface area (Å²) in [5.41, 5.74) is 9.44. The van der Waals surface area contributed by atoms with E-state index in [1.165, 1.54) is 0 Å². The molecule has 2 unspecified atom stereocenters. The van der Waals surface area contributed by atoms with Crippen LogP contribution in [0.15, 0.2) is 0 Å². The Morgan fingerprint density at radius 1 is 0.818 bits per heavy atom. The summed E-state index contributed by atoms with van der Waals surface area (Å²) in [6.07, 6.45) is 0. The molecule has 0 aromatic heterocycles. The van der Waals surface area contributed by atoms with E-state index in [2.05, 4.69) is 44.1 Å². The number of nitrogens with one attached hydrogen (secondary N) is 3. The van der Waals surface area contributed by atoms with E-state index in [0.29, 0.717) is 23.9 Å². The zero-order valence-electron chi connectivity index (χ0n) is 7.81. The van der Waals surface area contributed by atoms with E-state index in [-0.39, 0.29) is 0 Å². The van der Waals surface area contributed by atoms with Gasteiger partial charge in [-0.2, -0.15) is 5.53 Å². The van der Waals surface area contributed by atoms with Gasteiger partial charge in [-0.15, -0.1) is 0 Å². The minimum Gasteiger partial charge on any atom is -0.239 e. The zero-order chi connectivity index (χ0) is 8.43. The van der Waals surface area contributed by atoms with Gasteiger partial charge in [0.15, 0.2) is 0 Å². The fourth-order valence-electron chi connectivity index (χ4n) is 1.55. The topological polar surface area (TPSA) is 36.1 Å². The summed E-state index contributed by atoms with van der Waals surface area (Å²) >= 11 is 0. The Kier molecular flexibility index (Phi) is 2.87. The van der Waals surface area contributed by atoms with Crippen LogP contribution in [0.5, 0.6) is 0 Å². The molecular formula is C8H19N3. The number of hydrazine groups is 2. The number of hydrogen-bond acceptors (Lipinski definition) is 3. The van der Waals surface area contributed by atoms with Gasteiger partial charge in [0, 0.05) is 12.1 Å². The Labute approximate surface area is 68.9 Å². The predicted octanol–water partition coefficient (Wildman–Crippen LogP) is 0.648. The molecule has 66 valence electrons. The lowest BCUT2D eigenvalue weighted by Gasteiger charge is -2.23. The molecule has 0 aromatic rings. The van der Waals surface area contributed by atoms with Crippen LogP contribution in [-0.2, 0) is 0 Å². The van der Waals surface area contributed by atoms with Crippen LogP contribution in [0.4, 0.5) is 0 Å². The highest BCUT2D eigenvalue weighted by atomic mass is 15.7. The van der Waals surface area contributed by atoms with E-state index in [0.717, 1.165) is 0 Å². The van der Waals surface area contributed by atoms with E-state index in [4.69, 9.17) is 0 Å². The van der Waals surface area contributed by atoms with Crippen LogP contribution in [-0.4, -0.2) is 12.1 Å². The zero-order valence-corrected chi connectivity index (χ0v) is 7.81. The second kappa shape index (κ2) is 3.52. The molecule has 0 amide bonds. The van der Waals surface area contributed by atoms with Gasteiger partial charge >= 0.3 is 0 Å². The van der Waals surface area contributed by atoms with Crippen LogP contribution in [0.2, 0.25) is 0 Å². The maximum atomic E-state index is 3.23. The molecule has 0 bridgehead atoms. The summed E-state index contributed by atoms with van der Waals surface area (Å²) in [7, 11) is 0. The molecule has 1 saturated heterocycles. The maximum absolute atomic E-state index is 3.23. The van der Waals surface area contributed by atoms with Crippen molar-refractivity contribution in [2.75, 3.05) is 0 Å². The molecular weight excluding hydrogens is 138 g/mol. The van der Waals surface area contributed by atoms with Gasteiger partial charge in [-0.3, -0.25) is 0 Å². The number of hydrogen-bond donors (Lipinski definition) is 3. The van der Waals surface area contributed by atoms with Crippen molar-refractivity contribution in [2.24, 2.45) is 11.8 Å². The molecule has 0 aromatic carbocycles. The van der Waals surface area contributed by atoms with Crippen LogP contribution in [0.1, 0.15) is 27.7 Å². The monoisotopic (exact) mass is 157 g/mol. The molecule has 3 nitrogen and oxygen atoms in total. The maximum Gasteiger partial charge on any atom is 0.0419 e. The van der Waals surface area contributed by atoms with E-state index in [9.17, 15) is 0 Å². The highest BCUT2D eigenvalue weighted by molar-refractivity contribution is 4.88. The average Bonchev–Trinajstić information content (AvgIpc) is 2.32. The first-order chi connectivity index (χ1) is 5.13. The predicted molar refractivity (Wildman–Crippen MR) is 46.7 cm³/mol. The van der Waals surface area contributed by atoms with Crippen LogP contribution in [0, 0.1) is 11.8 Å². The van der Waals surface area contributed by atoms with E-state index < -0.39 is 0 Å². The second-order valence-corrected chi connectivity index (χ2v) is 3.95. The van der Waals surface area contributed by atoms with Gasteiger partial charge in [0.2, 0.25) is 0 Å². The van der Waals surface area contributed by atoms with Gasteiger partial charge in [-0.25, -0.2) is 10.9 Å². The quantitative estimate of drug-likeness (QED) is 0.551. The van der Waals surface area contributed by atoms with Gasteiger partial charge < -0.3 is 0 Å². The Morgan fingerprint density at radius 3 is 1.45 bits per heavy atom. The van der Waals surface area contributed by atoms with Crippen molar-refractivity contribution in [3.8, 4) is 0 Å². The van der Waals surface area contributed by atoms with Crippen molar-refractivity contribution in [3.05, 3.63) is 0 Å². The van der Waals surface area contributed by atoms with Gasteiger partial charge in [-0.05, 0) is 11.8 Å². The lowest BCUT2D eigenvalue weighted by molar-refractivity contribution is 0.337. The minimum atomic E-state index is 0.551. The molecule has 0 radical (unpaired) electrons. The lowest BCUT2D eigenvalue weighted by Crippen LogP contribution is -2.41. The van der Waals surface area contributed by atoms with Crippen molar-refractivity contribution in [3.63, 3.8) is 0 Å². The Balaban J connectivity index is 2.51. The van der Waals surface area contributed by atoms with Crippen molar-refractivity contribution in [1.82, 2.24) is 16.4 Å². The first kappa shape index (κ1) is 8.97. The highest BCUT2D eigenvalue weighted by Crippen LogP contribution is 2.15. The van der Waals surface area contributed by atoms with E-state index in [1.807, 2.05) is 0 Å². The summed E-state index contributed by atoms with van der Waals surface area (Å²) in [5.74, 6) is 1.34. The number of rotatable bonds is 2. The van der Waals surface area contributed by atoms with Crippen molar-refractivity contribution in [1.29, 1.82) is 0 Å². The molecule has 0 saturated carbocycles. The molecule has 1 rings (SSSR count). The SMILES string of the molecule is CC(C)C1NNNC1C(C)C. The molecule has 0 spiro atoms. The van der Waals surface area contributed by atoms with Crippen LogP contribution in [0.25, 0.3) is 0 Å². The van der Waals surface area contributed by atoms with E-state index >= 15 is 0 Å². The smallest absolute Gasteiger partial charge is 0.0419 e. The summed E-state index contributed by atoms with van der Waals surface area (Å²) in [6.45, 7) is 8.95. The van der Waals surface area contributed by atoms with Gasteiger partial charge in [0.05, 0.1) is 0 Å². The van der Waals surface area contributed by atoms with Crippen LogP contribution in [0.3, 0.4) is 0 Å². The molecule has 1 fully saturated rings. The van der Waals surface area contributed by atoms with Crippen molar-refractivity contribution >= 4 is 0 Å². The van der Waals surface area contributed by atoms with E-state index in [1.54, 1.807) is 0 Å². The first-order valence-corrected chi connectivity index (χ1v) is 4.39. The Morgan fingerprint density at radius 2 is 1.18 bits per heavy atom. The highest BCUT2D eigenvalue weighted by Gasteiger charge is 2.30. The standard InChI is InChI=1S/C8H19N3/c1-5(2)7-8(6(3)4)10-11-9-7/h5-11H,1-4H3. The fraction of sp³-hybridized carbons (Fsp3) is 1.00. The molecule has 1 aliphatic rings. The summed E-state index contributed by atoms with van der Waals surface area (Å²) in [4.78, 5) is 0. The molecule has 3 heteroatoms. The Bertz CT molecular complexity index is 109. The second-order valence-electron chi connectivity index (χ2n) is 3.95. The third-order valence-electron chi connectivity index (χ3n) is 2.30. The Hall–Kier alpha value is -0.120. The lowest BCUT2D eigenvalue weighted by atomic mass is 9.90. The summed E-state index contributed by atoms with van der Waals surface area (Å²) in [6, 6.07) is 1.10. The summed E-state index contributed by atoms with van der Waals surface area (Å²) in [5, 5.41) is 0. The van der Waals surface area contributed by atoms with Gasteiger partial charge in [0.1, 0.15) is 0 Å². The molecule has 1 aliphatic heterocycles. The van der Waals surface area contributed by atoms with Crippen molar-refractivity contribution in [2.45, 2.75) is 39.8 Å². The molecule has 2 atom stereocenters. The molecule has 1 heterocycles. The normalized spacial score (nSPS) is 32.2. The van der Waals surface area contributed by atoms with Gasteiger partial charge in [0.25, 0.3) is 0 Å². The van der Waals surface area contributed by atoms with Crippen molar-refractivity contribution < 1.29 is 0 Å². The molecule has 3 N–H and O–H groups in total. The largest absolute Gasteiger partial charge is 0.239 e. The van der Waals surface area contributed by atoms with Gasteiger partial charge in [-0.1, -0.05) is 27.7 Å². The average molecular weight is 157 g/mol. The van der Waals surface area contributed by atoms with Crippen LogP contribution >= 0.6 is 0 Å². The molecule has 11 heavy (non-hydrogen) atoms. The first-order valence-electron chi connectivity index (χ1n) is 4.39. The summed E-state index contributed by atoms with van der Waals surface area (Å²) < 4.78 is 0. The molecule has 0 aliphatic carbocycles. The third-order valence-corrected chi connectivity index (χ3v) is 2.30. The minimum absolute atomic E-state index is 0.551. The van der Waals surface area contributed by atoms with Crippen LogP contribution < -0.4 is 16.4 Å². The third kappa shape index (κ3) is 1.92. The fourth-order valence-corrected chi connectivity index (χ4v) is 1.55.